The third-order valence-electron chi connectivity index (χ3n) is 5.77. The van der Waals surface area contributed by atoms with Gasteiger partial charge < -0.3 is 19.9 Å². The molecule has 8 nitrogen and oxygen atoms in total. The van der Waals surface area contributed by atoms with E-state index in [1.165, 1.54) is 0 Å². The number of aromatic nitrogens is 4. The molecule has 2 aliphatic rings. The van der Waals surface area contributed by atoms with Gasteiger partial charge in [-0.15, -0.1) is 0 Å². The van der Waals surface area contributed by atoms with E-state index in [1.807, 2.05) is 7.11 Å². The standard InChI is InChI=1S/C18H29N7O/c1-12(2)25-8-14(15(9-25)26-3)23-13-4-6-24(7-5-13)18-16-17(20-10-19-16)21-11-22-18/h10-15,23H,4-9H2,1-3H3,(H,19,20,21,22)/t14-,15-/m1/s1. The molecule has 8 heteroatoms. The van der Waals surface area contributed by atoms with Gasteiger partial charge in [0.25, 0.3) is 0 Å². The van der Waals surface area contributed by atoms with Crippen LogP contribution in [0.1, 0.15) is 26.7 Å². The normalized spacial score (nSPS) is 25.6. The Morgan fingerprint density at radius 2 is 2.00 bits per heavy atom. The second-order valence-electron chi connectivity index (χ2n) is 7.65. The SMILES string of the molecule is CO[C@@H]1CN(C(C)C)C[C@H]1NC1CCN(c2ncnc3nc[nH]c23)CC1. The van der Waals surface area contributed by atoms with Crippen molar-refractivity contribution in [2.75, 3.05) is 38.2 Å². The van der Waals surface area contributed by atoms with Crippen LogP contribution in [0.25, 0.3) is 11.2 Å². The molecule has 0 aliphatic carbocycles. The van der Waals surface area contributed by atoms with Crippen molar-refractivity contribution in [3.8, 4) is 0 Å². The van der Waals surface area contributed by atoms with Crippen molar-refractivity contribution >= 4 is 17.0 Å². The zero-order valence-electron chi connectivity index (χ0n) is 15.9. The predicted molar refractivity (Wildman–Crippen MR) is 101 cm³/mol. The zero-order valence-corrected chi connectivity index (χ0v) is 15.9. The lowest BCUT2D eigenvalue weighted by Gasteiger charge is -2.35. The number of hydrogen-bond acceptors (Lipinski definition) is 7. The first-order chi connectivity index (χ1) is 12.7. The number of nitrogens with zero attached hydrogens (tertiary/aromatic N) is 5. The van der Waals surface area contributed by atoms with Gasteiger partial charge in [-0.2, -0.15) is 0 Å². The Hall–Kier alpha value is -1.77. The first kappa shape index (κ1) is 17.6. The van der Waals surface area contributed by atoms with Gasteiger partial charge >= 0.3 is 0 Å². The summed E-state index contributed by atoms with van der Waals surface area (Å²) >= 11 is 0. The number of aromatic amines is 1. The minimum atomic E-state index is 0.280. The molecule has 0 unspecified atom stereocenters. The molecule has 2 saturated heterocycles. The average molecular weight is 359 g/mol. The fraction of sp³-hybridized carbons (Fsp3) is 0.722. The third kappa shape index (κ3) is 3.41. The molecule has 4 rings (SSSR count). The molecule has 0 saturated carbocycles. The number of fused-ring (bicyclic) bond motifs is 1. The first-order valence-electron chi connectivity index (χ1n) is 9.57. The molecule has 2 aromatic rings. The lowest BCUT2D eigenvalue weighted by Crippen LogP contribution is -2.50. The van der Waals surface area contributed by atoms with Crippen LogP contribution in [-0.2, 0) is 4.74 Å². The van der Waals surface area contributed by atoms with Crippen LogP contribution in [0.2, 0.25) is 0 Å². The van der Waals surface area contributed by atoms with E-state index in [0.29, 0.717) is 18.1 Å². The van der Waals surface area contributed by atoms with Crippen LogP contribution in [0.5, 0.6) is 0 Å². The van der Waals surface area contributed by atoms with Crippen molar-refractivity contribution in [3.63, 3.8) is 0 Å². The summed E-state index contributed by atoms with van der Waals surface area (Å²) in [6, 6.07) is 1.51. The Morgan fingerprint density at radius 1 is 1.19 bits per heavy atom. The Balaban J connectivity index is 1.36. The molecule has 0 radical (unpaired) electrons. The number of anilines is 1. The smallest absolute Gasteiger partial charge is 0.182 e. The highest BCUT2D eigenvalue weighted by molar-refractivity contribution is 5.82. The Bertz CT molecular complexity index is 725. The van der Waals surface area contributed by atoms with Gasteiger partial charge in [0.15, 0.2) is 11.5 Å². The lowest BCUT2D eigenvalue weighted by molar-refractivity contribution is 0.0834. The summed E-state index contributed by atoms with van der Waals surface area (Å²) in [5.41, 5.74) is 1.67. The minimum absolute atomic E-state index is 0.280. The number of imidazole rings is 1. The van der Waals surface area contributed by atoms with Crippen LogP contribution >= 0.6 is 0 Å². The summed E-state index contributed by atoms with van der Waals surface area (Å²) < 4.78 is 5.73. The number of rotatable bonds is 5. The maximum atomic E-state index is 5.73. The highest BCUT2D eigenvalue weighted by Crippen LogP contribution is 2.24. The number of methoxy groups -OCH3 is 1. The molecule has 4 heterocycles. The van der Waals surface area contributed by atoms with Crippen molar-refractivity contribution in [1.82, 2.24) is 30.2 Å². The molecule has 0 spiro atoms. The van der Waals surface area contributed by atoms with Crippen LogP contribution in [0.3, 0.4) is 0 Å². The molecule has 2 atom stereocenters. The van der Waals surface area contributed by atoms with Gasteiger partial charge in [-0.25, -0.2) is 15.0 Å². The van der Waals surface area contributed by atoms with Crippen LogP contribution < -0.4 is 10.2 Å². The summed E-state index contributed by atoms with van der Waals surface area (Å²) in [7, 11) is 1.83. The monoisotopic (exact) mass is 359 g/mol. The topological polar surface area (TPSA) is 82.2 Å². The predicted octanol–water partition coefficient (Wildman–Crippen LogP) is 1.02. The number of ether oxygens (including phenoxy) is 1. The highest BCUT2D eigenvalue weighted by atomic mass is 16.5. The van der Waals surface area contributed by atoms with Crippen molar-refractivity contribution in [2.45, 2.75) is 50.9 Å². The van der Waals surface area contributed by atoms with Crippen molar-refractivity contribution in [2.24, 2.45) is 0 Å². The number of piperidine rings is 1. The van der Waals surface area contributed by atoms with Gasteiger partial charge in [0.05, 0.1) is 12.4 Å². The summed E-state index contributed by atoms with van der Waals surface area (Å²) in [6.45, 7) is 8.57. The van der Waals surface area contributed by atoms with E-state index in [0.717, 1.165) is 56.0 Å². The fourth-order valence-corrected chi connectivity index (χ4v) is 4.18. The van der Waals surface area contributed by atoms with Crippen LogP contribution in [0.15, 0.2) is 12.7 Å². The number of hydrogen-bond donors (Lipinski definition) is 2. The van der Waals surface area contributed by atoms with Gasteiger partial charge in [-0.3, -0.25) is 4.90 Å². The molecule has 0 bridgehead atoms. The van der Waals surface area contributed by atoms with E-state index in [-0.39, 0.29) is 6.10 Å². The van der Waals surface area contributed by atoms with Crippen molar-refractivity contribution < 1.29 is 4.74 Å². The van der Waals surface area contributed by atoms with Crippen LogP contribution in [0, 0.1) is 0 Å². The third-order valence-corrected chi connectivity index (χ3v) is 5.77. The van der Waals surface area contributed by atoms with Crippen LogP contribution in [-0.4, -0.2) is 82.4 Å². The molecule has 0 aromatic carbocycles. The van der Waals surface area contributed by atoms with E-state index < -0.39 is 0 Å². The first-order valence-corrected chi connectivity index (χ1v) is 9.57. The Labute approximate surface area is 154 Å². The summed E-state index contributed by atoms with van der Waals surface area (Å²) in [5.74, 6) is 0.965. The van der Waals surface area contributed by atoms with Gasteiger partial charge in [0.2, 0.25) is 0 Å². The van der Waals surface area contributed by atoms with Gasteiger partial charge in [0, 0.05) is 51.4 Å². The Morgan fingerprint density at radius 3 is 2.73 bits per heavy atom. The Kier molecular flexibility index (Phi) is 5.06. The molecule has 2 aromatic heterocycles. The van der Waals surface area contributed by atoms with Crippen molar-refractivity contribution in [1.29, 1.82) is 0 Å². The minimum Gasteiger partial charge on any atom is -0.378 e. The number of likely N-dealkylation sites (tertiary alicyclic amines) is 1. The van der Waals surface area contributed by atoms with Gasteiger partial charge in [-0.1, -0.05) is 0 Å². The average Bonchev–Trinajstić information content (AvgIpc) is 3.28. The van der Waals surface area contributed by atoms with Crippen molar-refractivity contribution in [3.05, 3.63) is 12.7 Å². The maximum Gasteiger partial charge on any atom is 0.182 e. The summed E-state index contributed by atoms with van der Waals surface area (Å²) in [6.07, 6.45) is 5.78. The van der Waals surface area contributed by atoms with Crippen LogP contribution in [0.4, 0.5) is 5.82 Å². The van der Waals surface area contributed by atoms with E-state index in [1.54, 1.807) is 12.7 Å². The number of H-pyrrole nitrogens is 1. The van der Waals surface area contributed by atoms with E-state index >= 15 is 0 Å². The second kappa shape index (κ2) is 7.46. The fourth-order valence-electron chi connectivity index (χ4n) is 4.18. The largest absolute Gasteiger partial charge is 0.378 e. The van der Waals surface area contributed by atoms with E-state index in [4.69, 9.17) is 4.74 Å². The molecular formula is C18H29N7O. The molecule has 26 heavy (non-hydrogen) atoms. The summed E-state index contributed by atoms with van der Waals surface area (Å²) in [5, 5.41) is 3.86. The second-order valence-corrected chi connectivity index (χ2v) is 7.65. The van der Waals surface area contributed by atoms with Gasteiger partial charge in [0.1, 0.15) is 11.8 Å². The lowest BCUT2D eigenvalue weighted by atomic mass is 10.0. The molecule has 142 valence electrons. The summed E-state index contributed by atoms with van der Waals surface area (Å²) in [4.78, 5) is 20.9. The quantitative estimate of drug-likeness (QED) is 0.825. The molecular weight excluding hydrogens is 330 g/mol. The van der Waals surface area contributed by atoms with E-state index in [2.05, 4.69) is 48.9 Å². The number of nitrogens with one attached hydrogen (secondary N) is 2. The molecule has 2 N–H and O–H groups in total. The maximum absolute atomic E-state index is 5.73. The van der Waals surface area contributed by atoms with Gasteiger partial charge in [-0.05, 0) is 26.7 Å². The molecule has 2 fully saturated rings. The van der Waals surface area contributed by atoms with E-state index in [9.17, 15) is 0 Å². The zero-order chi connectivity index (χ0) is 18.1. The highest BCUT2D eigenvalue weighted by Gasteiger charge is 2.35. The molecule has 0 amide bonds. The molecule has 2 aliphatic heterocycles.